The lowest BCUT2D eigenvalue weighted by molar-refractivity contribution is 1.01. The predicted octanol–water partition coefficient (Wildman–Crippen LogP) is 4.39. The third-order valence-corrected chi connectivity index (χ3v) is 6.91. The highest BCUT2D eigenvalue weighted by molar-refractivity contribution is 8.78. The molecule has 1 aromatic heterocycles. The molecule has 0 amide bonds. The molecule has 0 bridgehead atoms. The van der Waals surface area contributed by atoms with Gasteiger partial charge in [-0.3, -0.25) is 0 Å². The molecule has 0 aliphatic heterocycles. The Morgan fingerprint density at radius 3 is 2.47 bits per heavy atom. The maximum absolute atomic E-state index is 4.08. The van der Waals surface area contributed by atoms with Gasteiger partial charge in [-0.2, -0.15) is 0 Å². The highest BCUT2D eigenvalue weighted by Gasteiger charge is 2.09. The summed E-state index contributed by atoms with van der Waals surface area (Å²) < 4.78 is 5.12. The fourth-order valence-electron chi connectivity index (χ4n) is 0.550. The minimum absolute atomic E-state index is 0.923. The average Bonchev–Trinajstić information content (AvgIpc) is 2.67. The van der Waals surface area contributed by atoms with E-state index in [0.29, 0.717) is 0 Å². The summed E-state index contributed by atoms with van der Waals surface area (Å²) in [4.78, 5) is 0. The lowest BCUT2D eigenvalue weighted by atomic mass is 10.8. The topological polar surface area (TPSA) is 25.8 Å². The zero-order chi connectivity index (χ0) is 10.9. The van der Waals surface area contributed by atoms with Crippen LogP contribution >= 0.6 is 54.7 Å². The summed E-state index contributed by atoms with van der Waals surface area (Å²) in [5.41, 5.74) is 0. The lowest BCUT2D eigenvalue weighted by Gasteiger charge is -1.97. The third-order valence-electron chi connectivity index (χ3n) is 1.07. The van der Waals surface area contributed by atoms with E-state index in [0.717, 1.165) is 16.5 Å². The summed E-state index contributed by atoms with van der Waals surface area (Å²) in [6.07, 6.45) is 3.78. The Morgan fingerprint density at radius 1 is 1.13 bits per heavy atom. The first-order valence-corrected chi connectivity index (χ1v) is 9.42. The second-order valence-corrected chi connectivity index (χ2v) is 7.87. The molecule has 0 aliphatic carbocycles. The normalized spacial score (nSPS) is 10.1. The molecule has 15 heavy (non-hydrogen) atoms. The Bertz CT molecular complexity index is 283. The Balaban J connectivity index is 2.38. The van der Waals surface area contributed by atoms with Gasteiger partial charge >= 0.3 is 0 Å². The summed E-state index contributed by atoms with van der Waals surface area (Å²) in [6.45, 7) is 7.35. The van der Waals surface area contributed by atoms with Crippen LogP contribution in [-0.2, 0) is 0 Å². The standard InChI is InChI=1S/C8H10N2S5/c1-3-5-11-14-7-8(13-10-9-7)15-12-6-4-2/h3-4H,1-2,5-6H2. The Morgan fingerprint density at radius 2 is 1.80 bits per heavy atom. The highest BCUT2D eigenvalue weighted by atomic mass is 33.1. The van der Waals surface area contributed by atoms with E-state index < -0.39 is 0 Å². The molecule has 7 heteroatoms. The molecule has 0 radical (unpaired) electrons. The molecule has 1 rings (SSSR count). The Labute approximate surface area is 110 Å². The van der Waals surface area contributed by atoms with Gasteiger partial charge in [-0.05, 0) is 33.1 Å². The van der Waals surface area contributed by atoms with Gasteiger partial charge in [0.15, 0.2) is 5.03 Å². The minimum atomic E-state index is 0.923. The second-order valence-electron chi connectivity index (χ2n) is 2.18. The number of hydrogen-bond donors (Lipinski definition) is 0. The average molecular weight is 295 g/mol. The van der Waals surface area contributed by atoms with Crippen molar-refractivity contribution in [1.82, 2.24) is 9.59 Å². The van der Waals surface area contributed by atoms with Gasteiger partial charge in [0.05, 0.1) is 0 Å². The van der Waals surface area contributed by atoms with Crippen molar-refractivity contribution in [3.63, 3.8) is 0 Å². The van der Waals surface area contributed by atoms with Crippen molar-refractivity contribution in [3.05, 3.63) is 25.3 Å². The van der Waals surface area contributed by atoms with Gasteiger partial charge in [-0.1, -0.05) is 38.2 Å². The highest BCUT2D eigenvalue weighted by Crippen LogP contribution is 2.42. The first-order chi connectivity index (χ1) is 7.38. The second kappa shape index (κ2) is 8.58. The van der Waals surface area contributed by atoms with Crippen LogP contribution < -0.4 is 0 Å². The summed E-state index contributed by atoms with van der Waals surface area (Å²) in [6, 6.07) is 0. The van der Waals surface area contributed by atoms with Crippen molar-refractivity contribution >= 4 is 54.7 Å². The molecule has 0 saturated carbocycles. The first kappa shape index (κ1) is 13.5. The van der Waals surface area contributed by atoms with Gasteiger partial charge in [0, 0.05) is 11.5 Å². The molecule has 0 fully saturated rings. The number of rotatable bonds is 8. The van der Waals surface area contributed by atoms with Crippen molar-refractivity contribution in [1.29, 1.82) is 0 Å². The number of nitrogens with zero attached hydrogens (tertiary/aromatic N) is 2. The smallest absolute Gasteiger partial charge is 0.129 e. The number of hydrogen-bond acceptors (Lipinski definition) is 7. The SMILES string of the molecule is C=CCSSc1nnsc1SSCC=C. The van der Waals surface area contributed by atoms with Crippen LogP contribution in [0.15, 0.2) is 34.5 Å². The third kappa shape index (κ3) is 5.35. The van der Waals surface area contributed by atoms with E-state index in [1.54, 1.807) is 43.2 Å². The molecule has 0 N–H and O–H groups in total. The quantitative estimate of drug-likeness (QED) is 0.401. The molecule has 82 valence electrons. The van der Waals surface area contributed by atoms with E-state index in [2.05, 4.69) is 22.7 Å². The van der Waals surface area contributed by atoms with Crippen LogP contribution in [0.25, 0.3) is 0 Å². The minimum Gasteiger partial charge on any atom is -0.129 e. The van der Waals surface area contributed by atoms with E-state index in [1.165, 1.54) is 15.7 Å². The van der Waals surface area contributed by atoms with Gasteiger partial charge in [-0.25, -0.2) is 0 Å². The van der Waals surface area contributed by atoms with Gasteiger partial charge in [0.1, 0.15) is 4.21 Å². The van der Waals surface area contributed by atoms with Crippen LogP contribution in [0.2, 0.25) is 0 Å². The van der Waals surface area contributed by atoms with Crippen molar-refractivity contribution < 1.29 is 0 Å². The maximum atomic E-state index is 4.08. The van der Waals surface area contributed by atoms with E-state index in [-0.39, 0.29) is 0 Å². The van der Waals surface area contributed by atoms with Crippen molar-refractivity contribution in [3.8, 4) is 0 Å². The van der Waals surface area contributed by atoms with Gasteiger partial charge in [0.25, 0.3) is 0 Å². The molecule has 0 atom stereocenters. The molecule has 0 saturated heterocycles. The van der Waals surface area contributed by atoms with Gasteiger partial charge in [-0.15, -0.1) is 18.3 Å². The van der Waals surface area contributed by atoms with E-state index in [1.807, 2.05) is 12.2 Å². The summed E-state index contributed by atoms with van der Waals surface area (Å²) in [7, 11) is 6.85. The van der Waals surface area contributed by atoms with E-state index in [4.69, 9.17) is 0 Å². The molecule has 0 spiro atoms. The zero-order valence-electron chi connectivity index (χ0n) is 7.92. The molecular weight excluding hydrogens is 284 g/mol. The maximum Gasteiger partial charge on any atom is 0.156 e. The molecule has 1 aromatic rings. The van der Waals surface area contributed by atoms with E-state index >= 15 is 0 Å². The van der Waals surface area contributed by atoms with Gasteiger partial charge in [0.2, 0.25) is 0 Å². The lowest BCUT2D eigenvalue weighted by Crippen LogP contribution is -1.72. The number of aromatic nitrogens is 2. The zero-order valence-corrected chi connectivity index (χ0v) is 12.0. The van der Waals surface area contributed by atoms with E-state index in [9.17, 15) is 0 Å². The van der Waals surface area contributed by atoms with Crippen molar-refractivity contribution in [2.75, 3.05) is 11.5 Å². The largest absolute Gasteiger partial charge is 0.156 e. The Kier molecular flexibility index (Phi) is 7.72. The monoisotopic (exact) mass is 294 g/mol. The molecule has 0 unspecified atom stereocenters. The van der Waals surface area contributed by atoms with Crippen LogP contribution in [0.4, 0.5) is 0 Å². The molecular formula is C8H10N2S5. The summed E-state index contributed by atoms with van der Waals surface area (Å²) >= 11 is 1.44. The Hall–Kier alpha value is 0.440. The van der Waals surface area contributed by atoms with Crippen LogP contribution in [0, 0.1) is 0 Å². The predicted molar refractivity (Wildman–Crippen MR) is 76.9 cm³/mol. The first-order valence-electron chi connectivity index (χ1n) is 4.01. The summed E-state index contributed by atoms with van der Waals surface area (Å²) in [5.74, 6) is 1.86. The fraction of sp³-hybridized carbons (Fsp3) is 0.250. The molecule has 1 heterocycles. The van der Waals surface area contributed by atoms with Crippen LogP contribution in [0.1, 0.15) is 0 Å². The summed E-state index contributed by atoms with van der Waals surface area (Å²) in [5, 5.41) is 5.09. The molecule has 0 aliphatic rings. The fourth-order valence-corrected chi connectivity index (χ4v) is 5.84. The molecule has 2 nitrogen and oxygen atoms in total. The van der Waals surface area contributed by atoms with Crippen LogP contribution in [-0.4, -0.2) is 21.1 Å². The van der Waals surface area contributed by atoms with Crippen LogP contribution in [0.3, 0.4) is 0 Å². The van der Waals surface area contributed by atoms with Gasteiger partial charge < -0.3 is 0 Å². The van der Waals surface area contributed by atoms with Crippen LogP contribution in [0.5, 0.6) is 0 Å². The van der Waals surface area contributed by atoms with Crippen molar-refractivity contribution in [2.24, 2.45) is 0 Å². The van der Waals surface area contributed by atoms with Crippen molar-refractivity contribution in [2.45, 2.75) is 9.24 Å². The molecule has 0 aromatic carbocycles.